The summed E-state index contributed by atoms with van der Waals surface area (Å²) >= 11 is 0. The molecule has 1 aromatic carbocycles. The molecule has 1 aromatic heterocycles. The molecule has 0 aliphatic heterocycles. The number of H-pyrrole nitrogens is 1. The van der Waals surface area contributed by atoms with E-state index in [-0.39, 0.29) is 11.8 Å². The van der Waals surface area contributed by atoms with Crippen molar-refractivity contribution in [1.82, 2.24) is 9.97 Å². The number of carboxylic acids is 2. The molecule has 1 amide bonds. The molecule has 2 aromatic rings. The predicted molar refractivity (Wildman–Crippen MR) is 105 cm³/mol. The van der Waals surface area contributed by atoms with Gasteiger partial charge in [0.15, 0.2) is 0 Å². The Labute approximate surface area is 171 Å². The Morgan fingerprint density at radius 3 is 2.47 bits per heavy atom. The van der Waals surface area contributed by atoms with Crippen LogP contribution in [0.3, 0.4) is 0 Å². The monoisotopic (exact) mass is 415 g/mol. The van der Waals surface area contributed by atoms with E-state index in [1.165, 1.54) is 7.11 Å². The Morgan fingerprint density at radius 1 is 1.17 bits per heavy atom. The van der Waals surface area contributed by atoms with Crippen LogP contribution in [-0.2, 0) is 32.0 Å². The molecule has 3 rings (SSSR count). The Bertz CT molecular complexity index is 949. The van der Waals surface area contributed by atoms with E-state index in [2.05, 4.69) is 15.3 Å². The van der Waals surface area contributed by atoms with Crippen LogP contribution in [0.15, 0.2) is 42.7 Å². The van der Waals surface area contributed by atoms with Gasteiger partial charge in [0, 0.05) is 30.2 Å². The van der Waals surface area contributed by atoms with Crippen LogP contribution in [0.2, 0.25) is 0 Å². The number of nitrogens with zero attached hydrogens (tertiary/aromatic N) is 1. The number of aromatic nitrogens is 2. The molecule has 0 saturated heterocycles. The molecular formula is C20H21N3O7. The van der Waals surface area contributed by atoms with Gasteiger partial charge < -0.3 is 25.3 Å². The minimum absolute atomic E-state index is 0.0865. The molecule has 158 valence electrons. The van der Waals surface area contributed by atoms with E-state index in [0.717, 1.165) is 24.2 Å². The average molecular weight is 415 g/mol. The number of aryl methyl sites for hydroxylation is 1. The van der Waals surface area contributed by atoms with Crippen molar-refractivity contribution in [2.24, 2.45) is 5.92 Å². The number of ether oxygens (including phenoxy) is 1. The number of carboxylic acid groups (broad SMARTS) is 2. The number of nitrogens with one attached hydrogen (secondary N) is 2. The molecule has 1 aliphatic carbocycles. The maximum atomic E-state index is 12.5. The number of esters is 1. The third-order valence-electron chi connectivity index (χ3n) is 4.32. The zero-order valence-electron chi connectivity index (χ0n) is 16.1. The van der Waals surface area contributed by atoms with Gasteiger partial charge in [-0.15, -0.1) is 0 Å². The van der Waals surface area contributed by atoms with Crippen LogP contribution < -0.4 is 5.32 Å². The van der Waals surface area contributed by atoms with Gasteiger partial charge in [0.2, 0.25) is 5.91 Å². The standard InChI is InChI=1S/C16H17N3O3.C4H4O4/c1-22-16(21)11-4-2-3-5-12(11)19-15(20)10-6-7-13-14(8-10)18-9-17-13;5-3(6)1-2-4(7)8/h2-5,9-10H,6-8H2,1H3,(H,17,18)(H,19,20);1-2H,(H,5,6)(H,7,8). The van der Waals surface area contributed by atoms with Crippen molar-refractivity contribution in [2.45, 2.75) is 19.3 Å². The number of aromatic amines is 1. The molecule has 30 heavy (non-hydrogen) atoms. The molecule has 0 spiro atoms. The highest BCUT2D eigenvalue weighted by molar-refractivity contribution is 6.01. The summed E-state index contributed by atoms with van der Waals surface area (Å²) in [5.74, 6) is -3.19. The summed E-state index contributed by atoms with van der Waals surface area (Å²) in [5, 5.41) is 18.5. The fourth-order valence-corrected chi connectivity index (χ4v) is 2.88. The van der Waals surface area contributed by atoms with Crippen molar-refractivity contribution in [2.75, 3.05) is 12.4 Å². The van der Waals surface area contributed by atoms with Gasteiger partial charge >= 0.3 is 17.9 Å². The van der Waals surface area contributed by atoms with Gasteiger partial charge in [-0.3, -0.25) is 4.79 Å². The maximum absolute atomic E-state index is 12.5. The molecule has 1 heterocycles. The fraction of sp³-hybridized carbons (Fsp3) is 0.250. The number of hydrogen-bond donors (Lipinski definition) is 4. The second-order valence-electron chi connectivity index (χ2n) is 6.30. The summed E-state index contributed by atoms with van der Waals surface area (Å²) in [5.41, 5.74) is 2.90. The number of hydrogen-bond acceptors (Lipinski definition) is 6. The number of aliphatic carboxylic acids is 2. The Hall–Kier alpha value is -3.95. The predicted octanol–water partition coefficient (Wildman–Crippen LogP) is 1.65. The van der Waals surface area contributed by atoms with E-state index in [9.17, 15) is 19.2 Å². The number of imidazole rings is 1. The lowest BCUT2D eigenvalue weighted by Crippen LogP contribution is -2.29. The molecule has 4 N–H and O–H groups in total. The lowest BCUT2D eigenvalue weighted by atomic mass is 9.89. The van der Waals surface area contributed by atoms with E-state index in [1.807, 2.05) is 0 Å². The van der Waals surface area contributed by atoms with Crippen LogP contribution in [0.25, 0.3) is 0 Å². The summed E-state index contributed by atoms with van der Waals surface area (Å²) in [6, 6.07) is 6.85. The number of carbonyl (C=O) groups excluding carboxylic acids is 2. The third kappa shape index (κ3) is 6.30. The van der Waals surface area contributed by atoms with Gasteiger partial charge in [0.05, 0.1) is 30.4 Å². The molecule has 1 unspecified atom stereocenters. The van der Waals surface area contributed by atoms with Crippen molar-refractivity contribution >= 4 is 29.5 Å². The largest absolute Gasteiger partial charge is 0.478 e. The zero-order valence-corrected chi connectivity index (χ0v) is 16.1. The first-order valence-corrected chi connectivity index (χ1v) is 8.95. The van der Waals surface area contributed by atoms with Crippen LogP contribution in [-0.4, -0.2) is 51.1 Å². The molecule has 0 fully saturated rings. The third-order valence-corrected chi connectivity index (χ3v) is 4.32. The molecule has 10 nitrogen and oxygen atoms in total. The molecule has 1 aliphatic rings. The van der Waals surface area contributed by atoms with E-state index >= 15 is 0 Å². The number of benzene rings is 1. The number of anilines is 1. The Morgan fingerprint density at radius 2 is 1.83 bits per heavy atom. The molecule has 0 bridgehead atoms. The summed E-state index contributed by atoms with van der Waals surface area (Å²) in [4.78, 5) is 50.6. The van der Waals surface area contributed by atoms with Crippen molar-refractivity contribution in [1.29, 1.82) is 0 Å². The Kier molecular flexibility index (Phi) is 7.86. The number of rotatable bonds is 5. The van der Waals surface area contributed by atoms with Gasteiger partial charge in [0.1, 0.15) is 0 Å². The van der Waals surface area contributed by atoms with Gasteiger partial charge in [-0.2, -0.15) is 0 Å². The molecule has 0 radical (unpaired) electrons. The first kappa shape index (κ1) is 22.3. The summed E-state index contributed by atoms with van der Waals surface area (Å²) in [6.45, 7) is 0. The van der Waals surface area contributed by atoms with Gasteiger partial charge in [-0.25, -0.2) is 19.4 Å². The lowest BCUT2D eigenvalue weighted by Gasteiger charge is -2.21. The van der Waals surface area contributed by atoms with Crippen molar-refractivity contribution in [3.8, 4) is 0 Å². The van der Waals surface area contributed by atoms with E-state index in [4.69, 9.17) is 14.9 Å². The Balaban J connectivity index is 0.000000343. The number of methoxy groups -OCH3 is 1. The van der Waals surface area contributed by atoms with E-state index in [0.29, 0.717) is 29.8 Å². The van der Waals surface area contributed by atoms with Gasteiger partial charge in [-0.1, -0.05) is 12.1 Å². The van der Waals surface area contributed by atoms with Crippen molar-refractivity contribution < 1.29 is 34.1 Å². The van der Waals surface area contributed by atoms with Crippen LogP contribution in [0.1, 0.15) is 28.2 Å². The van der Waals surface area contributed by atoms with Crippen LogP contribution in [0.5, 0.6) is 0 Å². The van der Waals surface area contributed by atoms with Crippen LogP contribution in [0.4, 0.5) is 5.69 Å². The minimum atomic E-state index is -1.26. The summed E-state index contributed by atoms with van der Waals surface area (Å²) in [6.07, 6.45) is 4.96. The van der Waals surface area contributed by atoms with Gasteiger partial charge in [-0.05, 0) is 25.0 Å². The molecular weight excluding hydrogens is 394 g/mol. The van der Waals surface area contributed by atoms with Crippen molar-refractivity contribution in [3.05, 3.63) is 59.7 Å². The highest BCUT2D eigenvalue weighted by Gasteiger charge is 2.27. The zero-order chi connectivity index (χ0) is 22.1. The first-order chi connectivity index (χ1) is 14.3. The highest BCUT2D eigenvalue weighted by Crippen LogP contribution is 2.25. The molecule has 0 saturated carbocycles. The van der Waals surface area contributed by atoms with Crippen molar-refractivity contribution in [3.63, 3.8) is 0 Å². The second kappa shape index (κ2) is 10.6. The normalized spacial score (nSPS) is 14.8. The number of para-hydroxylation sites is 1. The molecule has 1 atom stereocenters. The van der Waals surface area contributed by atoms with Gasteiger partial charge in [0.25, 0.3) is 0 Å². The summed E-state index contributed by atoms with van der Waals surface area (Å²) in [7, 11) is 1.32. The number of amides is 1. The SMILES string of the molecule is COC(=O)c1ccccc1NC(=O)C1CCc2nc[nH]c2C1.O=C(O)C=CC(=O)O. The first-order valence-electron chi connectivity index (χ1n) is 8.95. The number of fused-ring (bicyclic) bond motifs is 1. The summed E-state index contributed by atoms with van der Waals surface area (Å²) < 4.78 is 4.74. The average Bonchev–Trinajstić information content (AvgIpc) is 3.20. The minimum Gasteiger partial charge on any atom is -0.478 e. The van der Waals surface area contributed by atoms with E-state index in [1.54, 1.807) is 30.6 Å². The molecule has 10 heteroatoms. The highest BCUT2D eigenvalue weighted by atomic mass is 16.5. The lowest BCUT2D eigenvalue weighted by molar-refractivity contribution is -0.134. The maximum Gasteiger partial charge on any atom is 0.339 e. The fourth-order valence-electron chi connectivity index (χ4n) is 2.88. The van der Waals surface area contributed by atoms with Crippen LogP contribution in [0, 0.1) is 5.92 Å². The number of carbonyl (C=O) groups is 4. The van der Waals surface area contributed by atoms with Crippen LogP contribution >= 0.6 is 0 Å². The second-order valence-corrected chi connectivity index (χ2v) is 6.30. The quantitative estimate of drug-likeness (QED) is 0.424. The van der Waals surface area contributed by atoms with E-state index < -0.39 is 17.9 Å². The topological polar surface area (TPSA) is 159 Å². The smallest absolute Gasteiger partial charge is 0.339 e.